The quantitative estimate of drug-likeness (QED) is 0.147. The molecule has 1 unspecified atom stereocenters. The summed E-state index contributed by atoms with van der Waals surface area (Å²) in [5.41, 5.74) is 1.69. The maximum Gasteiger partial charge on any atom is 0.338 e. The van der Waals surface area contributed by atoms with Crippen LogP contribution >= 0.6 is 0 Å². The first kappa shape index (κ1) is 31.7. The Morgan fingerprint density at radius 1 is 0.780 bits per heavy atom. The van der Waals surface area contributed by atoms with Crippen molar-refractivity contribution in [3.8, 4) is 0 Å². The topological polar surface area (TPSA) is 82.1 Å². The van der Waals surface area contributed by atoms with Gasteiger partial charge in [0.25, 0.3) is 0 Å². The molecule has 5 aliphatic carbocycles. The third-order valence-corrected chi connectivity index (χ3v) is 14.2. The van der Waals surface area contributed by atoms with Gasteiger partial charge in [0.05, 0.1) is 16.7 Å². The number of hydrogen-bond donors (Lipinski definition) is 0. The number of fused-ring (bicyclic) bond motifs is 1. The van der Waals surface area contributed by atoms with Gasteiger partial charge in [0.15, 0.2) is 0 Å². The number of piperidine rings is 1. The molecule has 2 spiro atoms. The Morgan fingerprint density at radius 2 is 1.34 bits per heavy atom. The summed E-state index contributed by atoms with van der Waals surface area (Å²) in [6.45, 7) is 11.2. The van der Waals surface area contributed by atoms with Gasteiger partial charge in [0.2, 0.25) is 0 Å². The molecule has 0 radical (unpaired) electrons. The molecule has 258 valence electrons. The van der Waals surface area contributed by atoms with E-state index in [0.717, 1.165) is 44.3 Å². The number of carbonyl (C=O) groups is 3. The zero-order chi connectivity index (χ0) is 34.4. The van der Waals surface area contributed by atoms with E-state index >= 15 is 0 Å². The second-order valence-corrected chi connectivity index (χ2v) is 16.1. The molecule has 11 atom stereocenters. The molecule has 1 heterocycles. The maximum absolute atomic E-state index is 13.9. The highest BCUT2D eigenvalue weighted by atomic mass is 16.6. The SMILES string of the molecule is C=C1[C@@H](OC(=O)c2ccccc2)[C@]23C[C@@H]1[C@@H](OC(=O)c1ccccc1)CC2[C@@]12[C@@H](OC(=O)c4ccccc4)CC[C@@]4(C)CN(CC)[C@@H]1[C@@H]3C[C@H]42. The molecule has 0 N–H and O–H groups in total. The smallest absolute Gasteiger partial charge is 0.338 e. The standard InChI is InChI=1S/C43H45NO6/c1-4-44-25-41(3)21-20-35(49-39(46)28-16-10-6-11-17-28)43-33(41)22-31(36(43)44)42-24-30(26(2)37(42)50-40(47)29-18-12-7-13-19-29)32(23-34(42)43)48-38(45)27-14-8-5-9-15-27/h5-19,30-37H,2,4,20-25H2,1,3H3/t30-,31-,32-,33+,34?,35-,36+,37+,41-,42-,43-/m0/s1. The first-order chi connectivity index (χ1) is 24.2. The molecule has 7 heteroatoms. The number of ether oxygens (including phenoxy) is 3. The van der Waals surface area contributed by atoms with Crippen molar-refractivity contribution in [2.45, 2.75) is 70.3 Å². The molecule has 6 fully saturated rings. The van der Waals surface area contributed by atoms with Crippen molar-refractivity contribution in [2.24, 2.45) is 39.9 Å². The zero-order valence-corrected chi connectivity index (χ0v) is 28.8. The van der Waals surface area contributed by atoms with Crippen molar-refractivity contribution >= 4 is 17.9 Å². The van der Waals surface area contributed by atoms with Crippen LogP contribution in [0.3, 0.4) is 0 Å². The number of benzene rings is 3. The Balaban J connectivity index is 1.18. The van der Waals surface area contributed by atoms with Gasteiger partial charge in [-0.2, -0.15) is 0 Å². The van der Waals surface area contributed by atoms with Gasteiger partial charge in [-0.1, -0.05) is 75.0 Å². The molecule has 1 saturated heterocycles. The van der Waals surface area contributed by atoms with Crippen LogP contribution in [0, 0.1) is 39.9 Å². The summed E-state index contributed by atoms with van der Waals surface area (Å²) >= 11 is 0. The van der Waals surface area contributed by atoms with Crippen LogP contribution in [-0.4, -0.2) is 60.3 Å². The lowest BCUT2D eigenvalue weighted by Crippen LogP contribution is -2.69. The number of esters is 3. The van der Waals surface area contributed by atoms with E-state index in [2.05, 4.69) is 25.3 Å². The number of likely N-dealkylation sites (tertiary alicyclic amines) is 1. The van der Waals surface area contributed by atoms with Gasteiger partial charge < -0.3 is 14.2 Å². The highest BCUT2D eigenvalue weighted by Crippen LogP contribution is 2.84. The maximum atomic E-state index is 13.9. The van der Waals surface area contributed by atoms with Crippen molar-refractivity contribution in [1.29, 1.82) is 0 Å². The molecule has 7 nitrogen and oxygen atoms in total. The van der Waals surface area contributed by atoms with Crippen molar-refractivity contribution in [1.82, 2.24) is 4.90 Å². The minimum absolute atomic E-state index is 0.0102. The summed E-state index contributed by atoms with van der Waals surface area (Å²) in [7, 11) is 0. The third kappa shape index (κ3) is 4.22. The fraction of sp³-hybridized carbons (Fsp3) is 0.465. The Hall–Kier alpha value is -4.23. The zero-order valence-electron chi connectivity index (χ0n) is 28.8. The van der Waals surface area contributed by atoms with E-state index in [0.29, 0.717) is 29.0 Å². The fourth-order valence-electron chi connectivity index (χ4n) is 12.7. The molecule has 1 aliphatic heterocycles. The highest BCUT2D eigenvalue weighted by Gasteiger charge is 2.86. The van der Waals surface area contributed by atoms with Gasteiger partial charge in [-0.3, -0.25) is 4.90 Å². The lowest BCUT2D eigenvalue weighted by atomic mass is 9.43. The molecule has 7 bridgehead atoms. The van der Waals surface area contributed by atoms with Crippen LogP contribution in [0.15, 0.2) is 103 Å². The minimum atomic E-state index is -0.533. The van der Waals surface area contributed by atoms with E-state index < -0.39 is 17.6 Å². The average molecular weight is 672 g/mol. The lowest BCUT2D eigenvalue weighted by molar-refractivity contribution is -0.218. The Labute approximate surface area is 294 Å². The fourth-order valence-corrected chi connectivity index (χ4v) is 12.7. The average Bonchev–Trinajstić information content (AvgIpc) is 3.67. The number of nitrogens with zero attached hydrogens (tertiary/aromatic N) is 1. The van der Waals surface area contributed by atoms with Gasteiger partial charge in [-0.25, -0.2) is 14.4 Å². The van der Waals surface area contributed by atoms with Gasteiger partial charge >= 0.3 is 17.9 Å². The second-order valence-electron chi connectivity index (χ2n) is 16.1. The number of rotatable bonds is 7. The summed E-state index contributed by atoms with van der Waals surface area (Å²) < 4.78 is 19.9. The monoisotopic (exact) mass is 671 g/mol. The first-order valence-electron chi connectivity index (χ1n) is 18.4. The molecular weight excluding hydrogens is 626 g/mol. The van der Waals surface area contributed by atoms with Crippen LogP contribution in [0.2, 0.25) is 0 Å². The minimum Gasteiger partial charge on any atom is -0.458 e. The molecule has 0 aromatic heterocycles. The Morgan fingerprint density at radius 3 is 1.92 bits per heavy atom. The van der Waals surface area contributed by atoms with Crippen molar-refractivity contribution in [3.63, 3.8) is 0 Å². The van der Waals surface area contributed by atoms with E-state index in [4.69, 9.17) is 14.2 Å². The highest BCUT2D eigenvalue weighted by molar-refractivity contribution is 5.90. The Bertz CT molecular complexity index is 1850. The second kappa shape index (κ2) is 11.4. The predicted octanol–water partition coefficient (Wildman–Crippen LogP) is 7.39. The van der Waals surface area contributed by atoms with Gasteiger partial charge in [0.1, 0.15) is 18.3 Å². The van der Waals surface area contributed by atoms with Crippen molar-refractivity contribution in [2.75, 3.05) is 13.1 Å². The van der Waals surface area contributed by atoms with Crippen LogP contribution in [0.1, 0.15) is 77.0 Å². The third-order valence-electron chi connectivity index (χ3n) is 14.2. The van der Waals surface area contributed by atoms with Crippen molar-refractivity contribution in [3.05, 3.63) is 120 Å². The van der Waals surface area contributed by atoms with Crippen molar-refractivity contribution < 1.29 is 28.6 Å². The van der Waals surface area contributed by atoms with E-state index in [1.54, 1.807) is 24.3 Å². The van der Waals surface area contributed by atoms with E-state index in [9.17, 15) is 14.4 Å². The van der Waals surface area contributed by atoms with Gasteiger partial charge in [0, 0.05) is 29.3 Å². The summed E-state index contributed by atoms with van der Waals surface area (Å²) in [5, 5.41) is 0. The molecule has 5 saturated carbocycles. The normalized spacial score (nSPS) is 39.0. The summed E-state index contributed by atoms with van der Waals surface area (Å²) in [4.78, 5) is 44.2. The summed E-state index contributed by atoms with van der Waals surface area (Å²) in [6, 6.07) is 27.8. The summed E-state index contributed by atoms with van der Waals surface area (Å²) in [5.74, 6) is -0.600. The predicted molar refractivity (Wildman–Crippen MR) is 187 cm³/mol. The first-order valence-corrected chi connectivity index (χ1v) is 18.4. The molecule has 9 rings (SSSR count). The number of carbonyl (C=O) groups excluding carboxylic acids is 3. The lowest BCUT2D eigenvalue weighted by Gasteiger charge is -2.65. The largest absolute Gasteiger partial charge is 0.458 e. The Kier molecular flexibility index (Phi) is 7.23. The van der Waals surface area contributed by atoms with Crippen LogP contribution in [0.5, 0.6) is 0 Å². The van der Waals surface area contributed by atoms with Crippen LogP contribution in [0.4, 0.5) is 0 Å². The molecular formula is C43H45NO6. The summed E-state index contributed by atoms with van der Waals surface area (Å²) in [6.07, 6.45) is 2.84. The van der Waals surface area contributed by atoms with Gasteiger partial charge in [-0.15, -0.1) is 0 Å². The molecule has 0 amide bonds. The van der Waals surface area contributed by atoms with Gasteiger partial charge in [-0.05, 0) is 104 Å². The van der Waals surface area contributed by atoms with Crippen LogP contribution < -0.4 is 0 Å². The molecule has 3 aromatic carbocycles. The van der Waals surface area contributed by atoms with Crippen LogP contribution in [0.25, 0.3) is 0 Å². The molecule has 50 heavy (non-hydrogen) atoms. The van der Waals surface area contributed by atoms with E-state index in [-0.39, 0.29) is 58.6 Å². The van der Waals surface area contributed by atoms with E-state index in [1.165, 1.54) is 0 Å². The van der Waals surface area contributed by atoms with E-state index in [1.807, 2.05) is 66.7 Å². The molecule has 6 aliphatic rings. The number of hydrogen-bond acceptors (Lipinski definition) is 7. The van der Waals surface area contributed by atoms with Crippen LogP contribution in [-0.2, 0) is 14.2 Å². The molecule has 3 aromatic rings.